The molecule has 4 nitrogen and oxygen atoms in total. The fourth-order valence-electron chi connectivity index (χ4n) is 1.85. The van der Waals surface area contributed by atoms with Crippen LogP contribution >= 0.6 is 22.9 Å². The summed E-state index contributed by atoms with van der Waals surface area (Å²) in [7, 11) is 1.60. The lowest BCUT2D eigenvalue weighted by atomic mass is 10.1. The third-order valence-corrected chi connectivity index (χ3v) is 3.97. The van der Waals surface area contributed by atoms with Crippen LogP contribution < -0.4 is 10.1 Å². The van der Waals surface area contributed by atoms with Crippen LogP contribution in [0.4, 0.5) is 0 Å². The van der Waals surface area contributed by atoms with Crippen LogP contribution in [-0.2, 0) is 6.42 Å². The molecule has 102 valence electrons. The molecular weight excluding hydrogens is 282 g/mol. The van der Waals surface area contributed by atoms with Crippen LogP contribution in [0, 0.1) is 0 Å². The molecule has 0 bridgehead atoms. The Morgan fingerprint density at radius 3 is 2.89 bits per heavy atom. The van der Waals surface area contributed by atoms with Crippen LogP contribution in [0.2, 0.25) is 4.34 Å². The Hall–Kier alpha value is -1.17. The van der Waals surface area contributed by atoms with E-state index in [2.05, 4.69) is 28.3 Å². The summed E-state index contributed by atoms with van der Waals surface area (Å²) in [5, 5.41) is 3.43. The third kappa shape index (κ3) is 3.89. The molecule has 2 heterocycles. The van der Waals surface area contributed by atoms with Crippen molar-refractivity contribution in [2.24, 2.45) is 0 Å². The predicted octanol–water partition coefficient (Wildman–Crippen LogP) is 3.09. The van der Waals surface area contributed by atoms with Crippen molar-refractivity contribution in [3.8, 4) is 5.88 Å². The number of rotatable bonds is 6. The first-order valence-corrected chi connectivity index (χ1v) is 7.26. The minimum atomic E-state index is 0.136. The van der Waals surface area contributed by atoms with E-state index in [4.69, 9.17) is 16.3 Å². The van der Waals surface area contributed by atoms with Gasteiger partial charge in [-0.1, -0.05) is 18.5 Å². The summed E-state index contributed by atoms with van der Waals surface area (Å²) in [6.45, 7) is 2.95. The zero-order valence-corrected chi connectivity index (χ0v) is 12.5. The van der Waals surface area contributed by atoms with Gasteiger partial charge in [0, 0.05) is 17.4 Å². The second-order valence-electron chi connectivity index (χ2n) is 4.01. The van der Waals surface area contributed by atoms with Gasteiger partial charge in [0.15, 0.2) is 0 Å². The number of ether oxygens (including phenoxy) is 1. The van der Waals surface area contributed by atoms with Gasteiger partial charge in [-0.25, -0.2) is 9.97 Å². The van der Waals surface area contributed by atoms with Gasteiger partial charge in [-0.15, -0.1) is 11.3 Å². The van der Waals surface area contributed by atoms with Gasteiger partial charge in [-0.05, 0) is 18.7 Å². The molecular formula is C13H16ClN3OS. The lowest BCUT2D eigenvalue weighted by Gasteiger charge is -2.16. The fourth-order valence-corrected chi connectivity index (χ4v) is 2.98. The van der Waals surface area contributed by atoms with E-state index < -0.39 is 0 Å². The molecule has 1 unspecified atom stereocenters. The van der Waals surface area contributed by atoms with Crippen molar-refractivity contribution in [3.05, 3.63) is 39.4 Å². The lowest BCUT2D eigenvalue weighted by molar-refractivity contribution is 0.394. The third-order valence-electron chi connectivity index (χ3n) is 2.71. The molecule has 0 spiro atoms. The monoisotopic (exact) mass is 297 g/mol. The molecule has 0 amide bonds. The molecule has 0 saturated carbocycles. The maximum atomic E-state index is 5.97. The van der Waals surface area contributed by atoms with Gasteiger partial charge in [0.25, 0.3) is 0 Å². The fraction of sp³-hybridized carbons (Fsp3) is 0.385. The first-order valence-electron chi connectivity index (χ1n) is 6.06. The number of likely N-dealkylation sites (N-methyl/N-ethyl adjacent to an activating group) is 1. The van der Waals surface area contributed by atoms with Gasteiger partial charge in [0.1, 0.15) is 6.33 Å². The smallest absolute Gasteiger partial charge is 0.216 e. The molecule has 19 heavy (non-hydrogen) atoms. The Morgan fingerprint density at radius 2 is 2.26 bits per heavy atom. The van der Waals surface area contributed by atoms with E-state index >= 15 is 0 Å². The van der Waals surface area contributed by atoms with Crippen LogP contribution in [0.25, 0.3) is 0 Å². The van der Waals surface area contributed by atoms with Crippen molar-refractivity contribution >= 4 is 22.9 Å². The zero-order valence-electron chi connectivity index (χ0n) is 10.9. The summed E-state index contributed by atoms with van der Waals surface area (Å²) in [6, 6.07) is 5.97. The molecule has 0 aliphatic rings. The predicted molar refractivity (Wildman–Crippen MR) is 78.0 cm³/mol. The van der Waals surface area contributed by atoms with Gasteiger partial charge < -0.3 is 10.1 Å². The molecule has 2 aromatic rings. The Bertz CT molecular complexity index is 532. The van der Waals surface area contributed by atoms with E-state index in [1.165, 1.54) is 11.2 Å². The number of nitrogens with zero attached hydrogens (tertiary/aromatic N) is 2. The molecule has 0 aromatic carbocycles. The van der Waals surface area contributed by atoms with Gasteiger partial charge in [-0.2, -0.15) is 0 Å². The average molecular weight is 298 g/mol. The largest absolute Gasteiger partial charge is 0.481 e. The van der Waals surface area contributed by atoms with E-state index in [0.717, 1.165) is 23.0 Å². The summed E-state index contributed by atoms with van der Waals surface area (Å²) in [6.07, 6.45) is 2.38. The average Bonchev–Trinajstić information content (AvgIpc) is 2.84. The van der Waals surface area contributed by atoms with Gasteiger partial charge in [-0.3, -0.25) is 0 Å². The summed E-state index contributed by atoms with van der Waals surface area (Å²) in [4.78, 5) is 9.59. The highest BCUT2D eigenvalue weighted by atomic mass is 35.5. The maximum Gasteiger partial charge on any atom is 0.216 e. The number of thiophene rings is 1. The quantitative estimate of drug-likeness (QED) is 0.890. The number of aromatic nitrogens is 2. The number of methoxy groups -OCH3 is 1. The van der Waals surface area contributed by atoms with E-state index in [9.17, 15) is 0 Å². The second-order valence-corrected chi connectivity index (χ2v) is 5.81. The molecule has 6 heteroatoms. The highest BCUT2D eigenvalue weighted by Crippen LogP contribution is 2.26. The van der Waals surface area contributed by atoms with E-state index in [-0.39, 0.29) is 6.04 Å². The highest BCUT2D eigenvalue weighted by molar-refractivity contribution is 7.16. The zero-order chi connectivity index (χ0) is 13.7. The van der Waals surface area contributed by atoms with Gasteiger partial charge in [0.05, 0.1) is 23.2 Å². The number of hydrogen-bond donors (Lipinski definition) is 1. The van der Waals surface area contributed by atoms with Crippen molar-refractivity contribution in [2.45, 2.75) is 19.4 Å². The van der Waals surface area contributed by atoms with Gasteiger partial charge >= 0.3 is 0 Å². The summed E-state index contributed by atoms with van der Waals surface area (Å²) >= 11 is 7.56. The van der Waals surface area contributed by atoms with Crippen LogP contribution in [-0.4, -0.2) is 23.6 Å². The maximum absolute atomic E-state index is 5.97. The van der Waals surface area contributed by atoms with Crippen molar-refractivity contribution in [3.63, 3.8) is 0 Å². The Morgan fingerprint density at radius 1 is 1.42 bits per heavy atom. The van der Waals surface area contributed by atoms with Crippen LogP contribution in [0.1, 0.15) is 23.5 Å². The van der Waals surface area contributed by atoms with Crippen LogP contribution in [0.15, 0.2) is 24.5 Å². The lowest BCUT2D eigenvalue weighted by Crippen LogP contribution is -2.23. The van der Waals surface area contributed by atoms with Crippen molar-refractivity contribution in [1.29, 1.82) is 0 Å². The number of hydrogen-bond acceptors (Lipinski definition) is 5. The van der Waals surface area contributed by atoms with Crippen molar-refractivity contribution in [1.82, 2.24) is 15.3 Å². The SMILES string of the molecule is CCNC(Cc1ccc(Cl)s1)c1cc(OC)ncn1. The Balaban J connectivity index is 2.18. The Kier molecular flexibility index (Phi) is 5.13. The van der Waals surface area contributed by atoms with Crippen molar-refractivity contribution < 1.29 is 4.74 Å². The van der Waals surface area contributed by atoms with Crippen LogP contribution in [0.5, 0.6) is 5.88 Å². The van der Waals surface area contributed by atoms with Crippen LogP contribution in [0.3, 0.4) is 0 Å². The first kappa shape index (κ1) is 14.2. The van der Waals surface area contributed by atoms with E-state index in [0.29, 0.717) is 5.88 Å². The topological polar surface area (TPSA) is 47.0 Å². The minimum absolute atomic E-state index is 0.136. The number of nitrogens with one attached hydrogen (secondary N) is 1. The molecule has 2 rings (SSSR count). The minimum Gasteiger partial charge on any atom is -0.481 e. The van der Waals surface area contributed by atoms with Gasteiger partial charge in [0.2, 0.25) is 5.88 Å². The summed E-state index contributed by atoms with van der Waals surface area (Å²) in [5.74, 6) is 0.581. The molecule has 0 aliphatic carbocycles. The van der Waals surface area contributed by atoms with E-state index in [1.807, 2.05) is 12.1 Å². The summed E-state index contributed by atoms with van der Waals surface area (Å²) < 4.78 is 5.95. The Labute approximate surface area is 121 Å². The number of halogens is 1. The molecule has 0 radical (unpaired) electrons. The molecule has 0 saturated heterocycles. The molecule has 2 aromatic heterocycles. The second kappa shape index (κ2) is 6.84. The standard InChI is InChI=1S/C13H16ClN3OS/c1-3-15-10(6-9-4-5-12(14)19-9)11-7-13(18-2)17-8-16-11/h4-5,7-8,10,15H,3,6H2,1-2H3. The molecule has 1 atom stereocenters. The van der Waals surface area contributed by atoms with Crippen molar-refractivity contribution in [2.75, 3.05) is 13.7 Å². The molecule has 1 N–H and O–H groups in total. The van der Waals surface area contributed by atoms with E-state index in [1.54, 1.807) is 18.4 Å². The molecule has 0 aliphatic heterocycles. The first-order chi connectivity index (χ1) is 9.22. The summed E-state index contributed by atoms with van der Waals surface area (Å²) in [5.41, 5.74) is 0.929. The normalized spacial score (nSPS) is 12.4. The molecule has 0 fully saturated rings. The highest BCUT2D eigenvalue weighted by Gasteiger charge is 2.15.